The molecule has 3 heteroatoms. The molecular weight excluding hydrogens is 176 g/mol. The number of aryl methyl sites for hydroxylation is 2. The van der Waals surface area contributed by atoms with Gasteiger partial charge in [-0.25, -0.2) is 0 Å². The Kier molecular flexibility index (Phi) is 2.14. The largest absolute Gasteiger partial charge is 0.390 e. The molecule has 0 saturated heterocycles. The van der Waals surface area contributed by atoms with Crippen molar-refractivity contribution in [3.05, 3.63) is 17.0 Å². The van der Waals surface area contributed by atoms with Crippen molar-refractivity contribution < 1.29 is 5.11 Å². The first-order chi connectivity index (χ1) is 6.56. The summed E-state index contributed by atoms with van der Waals surface area (Å²) in [5.41, 5.74) is 3.12. The van der Waals surface area contributed by atoms with E-state index in [4.69, 9.17) is 0 Å². The predicted octanol–water partition coefficient (Wildman–Crippen LogP) is 1.59. The zero-order chi connectivity index (χ0) is 10.3. The van der Waals surface area contributed by atoms with E-state index in [0.29, 0.717) is 0 Å². The van der Waals surface area contributed by atoms with Crippen molar-refractivity contribution in [1.29, 1.82) is 0 Å². The van der Waals surface area contributed by atoms with E-state index in [9.17, 15) is 5.11 Å². The van der Waals surface area contributed by atoms with Crippen LogP contribution in [0.2, 0.25) is 0 Å². The molecule has 0 bridgehead atoms. The Hall–Kier alpha value is -0.830. The Balaban J connectivity index is 2.27. The van der Waals surface area contributed by atoms with Crippen LogP contribution in [0.1, 0.15) is 36.7 Å². The highest BCUT2D eigenvalue weighted by molar-refractivity contribution is 5.27. The van der Waals surface area contributed by atoms with Crippen LogP contribution in [0.15, 0.2) is 0 Å². The standard InChI is InChI=1S/C11H18N2O/c1-4-13-9(3)10(8(2)12-13)7-11(14)5-6-11/h14H,4-7H2,1-3H3. The van der Waals surface area contributed by atoms with E-state index in [2.05, 4.69) is 18.9 Å². The molecule has 0 unspecified atom stereocenters. The van der Waals surface area contributed by atoms with Gasteiger partial charge in [0.1, 0.15) is 0 Å². The second-order valence-corrected chi connectivity index (χ2v) is 4.37. The molecule has 0 aromatic carbocycles. The van der Waals surface area contributed by atoms with Gasteiger partial charge in [0.15, 0.2) is 0 Å². The van der Waals surface area contributed by atoms with Gasteiger partial charge in [-0.1, -0.05) is 0 Å². The zero-order valence-electron chi connectivity index (χ0n) is 9.17. The van der Waals surface area contributed by atoms with Crippen LogP contribution in [0.4, 0.5) is 0 Å². The molecule has 0 spiro atoms. The summed E-state index contributed by atoms with van der Waals surface area (Å²) in [5.74, 6) is 0. The van der Waals surface area contributed by atoms with Crippen molar-refractivity contribution in [2.75, 3.05) is 0 Å². The lowest BCUT2D eigenvalue weighted by atomic mass is 10.1. The molecule has 3 nitrogen and oxygen atoms in total. The van der Waals surface area contributed by atoms with Gasteiger partial charge in [-0.05, 0) is 39.2 Å². The van der Waals surface area contributed by atoms with E-state index < -0.39 is 5.60 Å². The molecule has 0 aliphatic heterocycles. The van der Waals surface area contributed by atoms with Gasteiger partial charge in [0.2, 0.25) is 0 Å². The fourth-order valence-electron chi connectivity index (χ4n) is 1.95. The van der Waals surface area contributed by atoms with E-state index in [1.54, 1.807) is 0 Å². The van der Waals surface area contributed by atoms with Gasteiger partial charge in [-0.15, -0.1) is 0 Å². The molecule has 0 atom stereocenters. The fraction of sp³-hybridized carbons (Fsp3) is 0.727. The lowest BCUT2D eigenvalue weighted by Crippen LogP contribution is -2.12. The maximum Gasteiger partial charge on any atom is 0.0691 e. The van der Waals surface area contributed by atoms with E-state index in [1.807, 2.05) is 11.6 Å². The van der Waals surface area contributed by atoms with Gasteiger partial charge in [0, 0.05) is 18.7 Å². The van der Waals surface area contributed by atoms with E-state index >= 15 is 0 Å². The lowest BCUT2D eigenvalue weighted by Gasteiger charge is -2.07. The number of aromatic nitrogens is 2. The van der Waals surface area contributed by atoms with Gasteiger partial charge in [-0.3, -0.25) is 4.68 Å². The van der Waals surface area contributed by atoms with Crippen LogP contribution < -0.4 is 0 Å². The molecule has 1 saturated carbocycles. The first-order valence-corrected chi connectivity index (χ1v) is 5.31. The molecule has 78 valence electrons. The Morgan fingerprint density at radius 3 is 2.50 bits per heavy atom. The molecule has 1 aliphatic rings. The monoisotopic (exact) mass is 194 g/mol. The molecule has 2 rings (SSSR count). The first-order valence-electron chi connectivity index (χ1n) is 5.31. The molecular formula is C11H18N2O. The first kappa shape index (κ1) is 9.71. The Morgan fingerprint density at radius 2 is 2.07 bits per heavy atom. The summed E-state index contributed by atoms with van der Waals surface area (Å²) in [7, 11) is 0. The quantitative estimate of drug-likeness (QED) is 0.793. The number of aliphatic hydroxyl groups is 1. The molecule has 1 heterocycles. The van der Waals surface area contributed by atoms with Crippen LogP contribution in [-0.4, -0.2) is 20.5 Å². The average molecular weight is 194 g/mol. The van der Waals surface area contributed by atoms with Crippen LogP contribution in [0, 0.1) is 13.8 Å². The van der Waals surface area contributed by atoms with Gasteiger partial charge in [0.05, 0.1) is 11.3 Å². The molecule has 1 aliphatic carbocycles. The van der Waals surface area contributed by atoms with Crippen molar-refractivity contribution in [2.45, 2.75) is 52.2 Å². The molecule has 1 fully saturated rings. The molecule has 1 aromatic rings. The SMILES string of the molecule is CCn1nc(C)c(CC2(O)CC2)c1C. The minimum absolute atomic E-state index is 0.406. The Morgan fingerprint density at radius 1 is 1.43 bits per heavy atom. The summed E-state index contributed by atoms with van der Waals surface area (Å²) in [6.45, 7) is 7.12. The minimum atomic E-state index is -0.406. The third-order valence-electron chi connectivity index (χ3n) is 3.16. The molecule has 14 heavy (non-hydrogen) atoms. The van der Waals surface area contributed by atoms with E-state index in [-0.39, 0.29) is 0 Å². The van der Waals surface area contributed by atoms with Crippen molar-refractivity contribution in [2.24, 2.45) is 0 Å². The summed E-state index contributed by atoms with van der Waals surface area (Å²) in [6.07, 6.45) is 2.68. The van der Waals surface area contributed by atoms with Gasteiger partial charge < -0.3 is 5.11 Å². The third-order valence-corrected chi connectivity index (χ3v) is 3.16. The van der Waals surface area contributed by atoms with Crippen LogP contribution >= 0.6 is 0 Å². The topological polar surface area (TPSA) is 38.0 Å². The second kappa shape index (κ2) is 3.09. The normalized spacial score (nSPS) is 18.6. The molecule has 1 N–H and O–H groups in total. The number of nitrogens with zero attached hydrogens (tertiary/aromatic N) is 2. The molecule has 1 aromatic heterocycles. The van der Waals surface area contributed by atoms with Crippen LogP contribution in [0.25, 0.3) is 0 Å². The summed E-state index contributed by atoms with van der Waals surface area (Å²) in [5, 5.41) is 14.3. The number of hydrogen-bond acceptors (Lipinski definition) is 2. The molecule has 0 amide bonds. The average Bonchev–Trinajstić information content (AvgIpc) is 2.82. The second-order valence-electron chi connectivity index (χ2n) is 4.37. The highest BCUT2D eigenvalue weighted by atomic mass is 16.3. The van der Waals surface area contributed by atoms with Crippen LogP contribution in [-0.2, 0) is 13.0 Å². The highest BCUT2D eigenvalue weighted by Crippen LogP contribution is 2.39. The van der Waals surface area contributed by atoms with E-state index in [1.165, 1.54) is 11.3 Å². The number of rotatable bonds is 3. The minimum Gasteiger partial charge on any atom is -0.390 e. The fourth-order valence-corrected chi connectivity index (χ4v) is 1.95. The third kappa shape index (κ3) is 1.57. The number of hydrogen-bond donors (Lipinski definition) is 1. The summed E-state index contributed by atoms with van der Waals surface area (Å²) >= 11 is 0. The van der Waals surface area contributed by atoms with E-state index in [0.717, 1.165) is 31.5 Å². The predicted molar refractivity (Wildman–Crippen MR) is 55.3 cm³/mol. The Labute approximate surface area is 84.7 Å². The van der Waals surface area contributed by atoms with Crippen molar-refractivity contribution in [3.8, 4) is 0 Å². The maximum absolute atomic E-state index is 9.88. The van der Waals surface area contributed by atoms with Crippen molar-refractivity contribution in [1.82, 2.24) is 9.78 Å². The maximum atomic E-state index is 9.88. The summed E-state index contributed by atoms with van der Waals surface area (Å²) < 4.78 is 2.01. The van der Waals surface area contributed by atoms with Gasteiger partial charge in [-0.2, -0.15) is 5.10 Å². The van der Waals surface area contributed by atoms with Gasteiger partial charge >= 0.3 is 0 Å². The zero-order valence-corrected chi connectivity index (χ0v) is 9.17. The van der Waals surface area contributed by atoms with Crippen LogP contribution in [0.3, 0.4) is 0 Å². The van der Waals surface area contributed by atoms with Crippen molar-refractivity contribution >= 4 is 0 Å². The van der Waals surface area contributed by atoms with Crippen molar-refractivity contribution in [3.63, 3.8) is 0 Å². The summed E-state index contributed by atoms with van der Waals surface area (Å²) in [6, 6.07) is 0. The van der Waals surface area contributed by atoms with Crippen LogP contribution in [0.5, 0.6) is 0 Å². The van der Waals surface area contributed by atoms with Gasteiger partial charge in [0.25, 0.3) is 0 Å². The smallest absolute Gasteiger partial charge is 0.0691 e. The molecule has 0 radical (unpaired) electrons. The highest BCUT2D eigenvalue weighted by Gasteiger charge is 2.41. The Bertz CT molecular complexity index is 350. The lowest BCUT2D eigenvalue weighted by molar-refractivity contribution is 0.150. The summed E-state index contributed by atoms with van der Waals surface area (Å²) in [4.78, 5) is 0.